The molecular weight excluding hydrogens is 382 g/mol. The van der Waals surface area contributed by atoms with Gasteiger partial charge in [0.25, 0.3) is 11.5 Å². The van der Waals surface area contributed by atoms with Crippen molar-refractivity contribution in [1.82, 2.24) is 15.2 Å². The topological polar surface area (TPSA) is 85.6 Å². The van der Waals surface area contributed by atoms with Crippen LogP contribution in [0.1, 0.15) is 29.9 Å². The Morgan fingerprint density at radius 1 is 1.17 bits per heavy atom. The van der Waals surface area contributed by atoms with E-state index in [1.54, 1.807) is 56.3 Å². The summed E-state index contributed by atoms with van der Waals surface area (Å²) in [5.74, 6) is -0.684. The molecule has 1 N–H and O–H groups in total. The number of ether oxygens (including phenoxy) is 1. The molecule has 1 heterocycles. The minimum atomic E-state index is -2.98. The lowest BCUT2D eigenvalue weighted by Gasteiger charge is -2.11. The van der Waals surface area contributed by atoms with Gasteiger partial charge in [-0.05, 0) is 32.0 Å². The molecule has 0 saturated carbocycles. The molecule has 0 atom stereocenters. The van der Waals surface area contributed by atoms with E-state index >= 15 is 0 Å². The number of aryl methyl sites for hydroxylation is 1. The van der Waals surface area contributed by atoms with Gasteiger partial charge in [0.05, 0.1) is 11.1 Å². The third-order valence-electron chi connectivity index (χ3n) is 4.20. The number of hydrazone groups is 1. The number of hydrogen-bond acceptors (Lipinski definition) is 5. The summed E-state index contributed by atoms with van der Waals surface area (Å²) in [5, 5.41) is 8.88. The predicted molar refractivity (Wildman–Crippen MR) is 104 cm³/mol. The van der Waals surface area contributed by atoms with Gasteiger partial charge in [-0.25, -0.2) is 10.1 Å². The second kappa shape index (κ2) is 8.59. The quantitative estimate of drug-likeness (QED) is 0.509. The molecule has 7 nitrogen and oxygen atoms in total. The molecule has 0 aliphatic heterocycles. The van der Waals surface area contributed by atoms with E-state index in [-0.39, 0.29) is 22.7 Å². The fourth-order valence-corrected chi connectivity index (χ4v) is 2.83. The first kappa shape index (κ1) is 20.1. The van der Waals surface area contributed by atoms with Gasteiger partial charge >= 0.3 is 6.61 Å². The standard InChI is InChI=1S/C20H18F2N4O3/c1-3-26-19(28)15-10-5-4-9-14(15)17(25-26)18(27)24-23-12(2)13-8-6-7-11-16(13)29-20(21)22/h4-11,20H,3H2,1-2H3,(H,24,27)/b23-12-. The van der Waals surface area contributed by atoms with Gasteiger partial charge in [-0.3, -0.25) is 9.59 Å². The molecule has 0 spiro atoms. The van der Waals surface area contributed by atoms with Crippen LogP contribution < -0.4 is 15.7 Å². The molecule has 0 bridgehead atoms. The first-order valence-electron chi connectivity index (χ1n) is 8.81. The molecule has 1 amide bonds. The Balaban J connectivity index is 1.94. The van der Waals surface area contributed by atoms with Crippen LogP contribution in [0.25, 0.3) is 10.8 Å². The van der Waals surface area contributed by atoms with Gasteiger partial charge < -0.3 is 4.74 Å². The maximum absolute atomic E-state index is 12.7. The Labute approximate surface area is 164 Å². The lowest BCUT2D eigenvalue weighted by molar-refractivity contribution is -0.0499. The van der Waals surface area contributed by atoms with E-state index in [9.17, 15) is 18.4 Å². The van der Waals surface area contributed by atoms with Crippen molar-refractivity contribution >= 4 is 22.4 Å². The average molecular weight is 400 g/mol. The Morgan fingerprint density at radius 3 is 2.52 bits per heavy atom. The first-order chi connectivity index (χ1) is 13.9. The van der Waals surface area contributed by atoms with Crippen LogP contribution in [0.3, 0.4) is 0 Å². The third kappa shape index (κ3) is 4.29. The molecule has 3 aromatic rings. The van der Waals surface area contributed by atoms with Crippen molar-refractivity contribution < 1.29 is 18.3 Å². The number of fused-ring (bicyclic) bond motifs is 1. The molecule has 3 rings (SSSR count). The van der Waals surface area contributed by atoms with Crippen LogP contribution in [0.5, 0.6) is 5.75 Å². The van der Waals surface area contributed by atoms with Crippen LogP contribution in [0.15, 0.2) is 58.4 Å². The molecule has 9 heteroatoms. The molecule has 2 aromatic carbocycles. The predicted octanol–water partition coefficient (Wildman–Crippen LogP) is 3.17. The molecule has 0 saturated heterocycles. The largest absolute Gasteiger partial charge is 0.434 e. The second-order valence-electron chi connectivity index (χ2n) is 6.03. The van der Waals surface area contributed by atoms with Crippen molar-refractivity contribution in [3.8, 4) is 5.75 Å². The van der Waals surface area contributed by atoms with E-state index in [4.69, 9.17) is 0 Å². The smallest absolute Gasteiger partial charge is 0.387 e. The normalized spacial score (nSPS) is 11.7. The van der Waals surface area contributed by atoms with E-state index < -0.39 is 12.5 Å². The number of nitrogens with one attached hydrogen (secondary N) is 1. The highest BCUT2D eigenvalue weighted by atomic mass is 19.3. The Hall–Kier alpha value is -3.62. The van der Waals surface area contributed by atoms with Crippen LogP contribution in [0.2, 0.25) is 0 Å². The van der Waals surface area contributed by atoms with Crippen molar-refractivity contribution in [3.05, 3.63) is 70.1 Å². The highest BCUT2D eigenvalue weighted by molar-refractivity contribution is 6.06. The van der Waals surface area contributed by atoms with Crippen LogP contribution in [0.4, 0.5) is 8.78 Å². The summed E-state index contributed by atoms with van der Waals surface area (Å²) >= 11 is 0. The highest BCUT2D eigenvalue weighted by Gasteiger charge is 2.17. The summed E-state index contributed by atoms with van der Waals surface area (Å²) < 4.78 is 30.8. The van der Waals surface area contributed by atoms with Crippen molar-refractivity contribution in [3.63, 3.8) is 0 Å². The number of carbonyl (C=O) groups is 1. The van der Waals surface area contributed by atoms with Crippen LogP contribution in [-0.4, -0.2) is 28.0 Å². The maximum atomic E-state index is 12.7. The van der Waals surface area contributed by atoms with Crippen LogP contribution >= 0.6 is 0 Å². The highest BCUT2D eigenvalue weighted by Crippen LogP contribution is 2.21. The lowest BCUT2D eigenvalue weighted by Crippen LogP contribution is -2.29. The van der Waals surface area contributed by atoms with E-state index in [1.165, 1.54) is 10.7 Å². The molecule has 1 aromatic heterocycles. The zero-order valence-corrected chi connectivity index (χ0v) is 15.7. The average Bonchev–Trinajstić information content (AvgIpc) is 2.72. The van der Waals surface area contributed by atoms with Crippen molar-refractivity contribution in [1.29, 1.82) is 0 Å². The van der Waals surface area contributed by atoms with Gasteiger partial charge in [0.15, 0.2) is 5.69 Å². The number of halogens is 2. The monoisotopic (exact) mass is 400 g/mol. The lowest BCUT2D eigenvalue weighted by atomic mass is 10.1. The minimum Gasteiger partial charge on any atom is -0.434 e. The Morgan fingerprint density at radius 2 is 1.83 bits per heavy atom. The van der Waals surface area contributed by atoms with E-state index in [1.807, 2.05) is 0 Å². The van der Waals surface area contributed by atoms with Crippen LogP contribution in [0, 0.1) is 0 Å². The summed E-state index contributed by atoms with van der Waals surface area (Å²) in [6.45, 7) is 0.605. The number of para-hydroxylation sites is 1. The van der Waals surface area contributed by atoms with E-state index in [0.29, 0.717) is 22.9 Å². The number of nitrogens with zero attached hydrogens (tertiary/aromatic N) is 3. The van der Waals surface area contributed by atoms with Crippen molar-refractivity contribution in [2.24, 2.45) is 5.10 Å². The second-order valence-corrected chi connectivity index (χ2v) is 6.03. The summed E-state index contributed by atoms with van der Waals surface area (Å²) in [5.41, 5.74) is 2.69. The van der Waals surface area contributed by atoms with Crippen molar-refractivity contribution in [2.45, 2.75) is 27.0 Å². The molecule has 0 aliphatic rings. The molecule has 0 aliphatic carbocycles. The van der Waals surface area contributed by atoms with Crippen LogP contribution in [-0.2, 0) is 6.54 Å². The molecular formula is C20H18F2N4O3. The van der Waals surface area contributed by atoms with E-state index in [0.717, 1.165) is 0 Å². The summed E-state index contributed by atoms with van der Waals surface area (Å²) in [7, 11) is 0. The van der Waals surface area contributed by atoms with Gasteiger partial charge in [-0.2, -0.15) is 19.0 Å². The van der Waals surface area contributed by atoms with Crippen molar-refractivity contribution in [2.75, 3.05) is 0 Å². The molecule has 29 heavy (non-hydrogen) atoms. The van der Waals surface area contributed by atoms with E-state index in [2.05, 4.69) is 20.4 Å². The third-order valence-corrected chi connectivity index (χ3v) is 4.20. The summed E-state index contributed by atoms with van der Waals surface area (Å²) in [6.07, 6.45) is 0. The number of benzene rings is 2. The number of alkyl halides is 2. The van der Waals surface area contributed by atoms with Gasteiger partial charge in [0.2, 0.25) is 0 Å². The number of hydrogen-bond donors (Lipinski definition) is 1. The first-order valence-corrected chi connectivity index (χ1v) is 8.81. The molecule has 150 valence electrons. The number of carbonyl (C=O) groups excluding carboxylic acids is 1. The molecule has 0 unspecified atom stereocenters. The fourth-order valence-electron chi connectivity index (χ4n) is 2.83. The number of amides is 1. The maximum Gasteiger partial charge on any atom is 0.387 e. The number of rotatable bonds is 6. The Bertz CT molecular complexity index is 1140. The zero-order valence-electron chi connectivity index (χ0n) is 15.7. The van der Waals surface area contributed by atoms with Gasteiger partial charge in [-0.1, -0.05) is 30.3 Å². The number of aromatic nitrogens is 2. The summed E-state index contributed by atoms with van der Waals surface area (Å²) in [6, 6.07) is 12.8. The Kier molecular flexibility index (Phi) is 5.96. The zero-order chi connectivity index (χ0) is 21.0. The minimum absolute atomic E-state index is 0.0377. The fraction of sp³-hybridized carbons (Fsp3) is 0.200. The van der Waals surface area contributed by atoms with Gasteiger partial charge in [0, 0.05) is 17.5 Å². The molecule has 0 fully saturated rings. The summed E-state index contributed by atoms with van der Waals surface area (Å²) in [4.78, 5) is 25.1. The van der Waals surface area contributed by atoms with Gasteiger partial charge in [-0.15, -0.1) is 0 Å². The molecule has 0 radical (unpaired) electrons. The SMILES string of the molecule is CCn1nc(C(=O)N/N=C(/C)c2ccccc2OC(F)F)c2ccccc2c1=O. The van der Waals surface area contributed by atoms with Gasteiger partial charge in [0.1, 0.15) is 5.75 Å².